The summed E-state index contributed by atoms with van der Waals surface area (Å²) in [5.74, 6) is 0. The van der Waals surface area contributed by atoms with E-state index in [4.69, 9.17) is 5.73 Å². The lowest BCUT2D eigenvalue weighted by Crippen LogP contribution is -2.03. The molecule has 2 heteroatoms. The molecule has 0 unspecified atom stereocenters. The Balaban J connectivity index is 2.38. The second-order valence-electron chi connectivity index (χ2n) is 3.82. The number of hydrogen-bond acceptors (Lipinski definition) is 2. The van der Waals surface area contributed by atoms with Crippen LogP contribution in [0.3, 0.4) is 0 Å². The molecule has 84 valence electrons. The molecule has 2 rings (SSSR count). The Hall–Kier alpha value is -1.12. The van der Waals surface area contributed by atoms with Crippen molar-refractivity contribution in [2.24, 2.45) is 5.73 Å². The van der Waals surface area contributed by atoms with Gasteiger partial charge in [-0.2, -0.15) is 0 Å². The highest BCUT2D eigenvalue weighted by Crippen LogP contribution is 2.31. The molecule has 0 saturated heterocycles. The van der Waals surface area contributed by atoms with Crippen LogP contribution < -0.4 is 5.73 Å². The van der Waals surface area contributed by atoms with Gasteiger partial charge in [0, 0.05) is 9.75 Å². The predicted molar refractivity (Wildman–Crippen MR) is 71.9 cm³/mol. The van der Waals surface area contributed by atoms with Crippen molar-refractivity contribution in [2.45, 2.75) is 19.8 Å². The first kappa shape index (κ1) is 11.4. The Bertz CT molecular complexity index is 459. The third-order valence-electron chi connectivity index (χ3n) is 2.71. The highest BCUT2D eigenvalue weighted by atomic mass is 32.1. The molecule has 16 heavy (non-hydrogen) atoms. The maximum absolute atomic E-state index is 5.64. The van der Waals surface area contributed by atoms with Crippen LogP contribution >= 0.6 is 11.3 Å². The molecule has 0 spiro atoms. The molecule has 1 aromatic heterocycles. The molecule has 2 N–H and O–H groups in total. The summed E-state index contributed by atoms with van der Waals surface area (Å²) in [5, 5.41) is 0. The van der Waals surface area contributed by atoms with Crippen LogP contribution in [-0.2, 0) is 12.8 Å². The second-order valence-corrected chi connectivity index (χ2v) is 4.98. The first-order valence-electron chi connectivity index (χ1n) is 5.72. The lowest BCUT2D eigenvalue weighted by molar-refractivity contribution is 0.971. The quantitative estimate of drug-likeness (QED) is 0.856. The van der Waals surface area contributed by atoms with E-state index >= 15 is 0 Å². The molecule has 0 aliphatic heterocycles. The largest absolute Gasteiger partial charge is 0.330 e. The average molecular weight is 231 g/mol. The number of hydrogen-bond donors (Lipinski definition) is 1. The van der Waals surface area contributed by atoms with Crippen LogP contribution in [-0.4, -0.2) is 6.54 Å². The summed E-state index contributed by atoms with van der Waals surface area (Å²) in [6.45, 7) is 2.91. The van der Waals surface area contributed by atoms with Gasteiger partial charge in [0.15, 0.2) is 0 Å². The fraction of sp³-hybridized carbons (Fsp3) is 0.286. The van der Waals surface area contributed by atoms with E-state index < -0.39 is 0 Å². The van der Waals surface area contributed by atoms with Crippen molar-refractivity contribution in [3.8, 4) is 10.4 Å². The smallest absolute Gasteiger partial charge is 0.0348 e. The molecule has 1 aromatic carbocycles. The molecule has 1 heterocycles. The van der Waals surface area contributed by atoms with Crippen LogP contribution in [0.5, 0.6) is 0 Å². The van der Waals surface area contributed by atoms with Gasteiger partial charge in [-0.1, -0.05) is 31.2 Å². The summed E-state index contributed by atoms with van der Waals surface area (Å²) < 4.78 is 0. The number of rotatable bonds is 4. The van der Waals surface area contributed by atoms with Crippen molar-refractivity contribution in [2.75, 3.05) is 6.54 Å². The number of benzene rings is 1. The van der Waals surface area contributed by atoms with Gasteiger partial charge < -0.3 is 5.73 Å². The van der Waals surface area contributed by atoms with Crippen molar-refractivity contribution in [3.05, 3.63) is 46.8 Å². The van der Waals surface area contributed by atoms with Gasteiger partial charge in [-0.05, 0) is 42.6 Å². The maximum atomic E-state index is 5.64. The lowest BCUT2D eigenvalue weighted by Gasteiger charge is -2.05. The van der Waals surface area contributed by atoms with Gasteiger partial charge in [-0.25, -0.2) is 0 Å². The molecular weight excluding hydrogens is 214 g/mol. The number of aryl methyl sites for hydroxylation is 1. The third kappa shape index (κ3) is 2.34. The van der Waals surface area contributed by atoms with Gasteiger partial charge in [-0.3, -0.25) is 0 Å². The Kier molecular flexibility index (Phi) is 3.75. The van der Waals surface area contributed by atoms with Crippen molar-refractivity contribution in [1.82, 2.24) is 0 Å². The van der Waals surface area contributed by atoms with Crippen molar-refractivity contribution < 1.29 is 0 Å². The van der Waals surface area contributed by atoms with E-state index in [0.29, 0.717) is 6.54 Å². The second kappa shape index (κ2) is 5.28. The maximum Gasteiger partial charge on any atom is 0.0348 e. The minimum absolute atomic E-state index is 0.711. The summed E-state index contributed by atoms with van der Waals surface area (Å²) in [4.78, 5) is 2.80. The summed E-state index contributed by atoms with van der Waals surface area (Å²) in [6.07, 6.45) is 2.07. The normalized spacial score (nSPS) is 10.6. The zero-order valence-corrected chi connectivity index (χ0v) is 10.4. The molecule has 0 atom stereocenters. The molecule has 1 nitrogen and oxygen atoms in total. The Labute approximate surface area is 101 Å². The van der Waals surface area contributed by atoms with Crippen molar-refractivity contribution >= 4 is 11.3 Å². The van der Waals surface area contributed by atoms with Crippen LogP contribution in [0.15, 0.2) is 36.4 Å². The Morgan fingerprint density at radius 2 is 1.94 bits per heavy atom. The summed E-state index contributed by atoms with van der Waals surface area (Å²) >= 11 is 1.89. The van der Waals surface area contributed by atoms with Crippen LogP contribution in [0.1, 0.15) is 17.4 Å². The van der Waals surface area contributed by atoms with E-state index in [1.807, 2.05) is 11.3 Å². The van der Waals surface area contributed by atoms with Gasteiger partial charge in [0.25, 0.3) is 0 Å². The van der Waals surface area contributed by atoms with Crippen LogP contribution in [0, 0.1) is 0 Å². The van der Waals surface area contributed by atoms with Crippen molar-refractivity contribution in [3.63, 3.8) is 0 Å². The lowest BCUT2D eigenvalue weighted by atomic mass is 10.0. The van der Waals surface area contributed by atoms with Gasteiger partial charge in [0.2, 0.25) is 0 Å². The number of thiophene rings is 1. The van der Waals surface area contributed by atoms with Gasteiger partial charge in [0.1, 0.15) is 0 Å². The highest BCUT2D eigenvalue weighted by Gasteiger charge is 2.06. The predicted octanol–water partition coefficient (Wildman–Crippen LogP) is 3.48. The molecule has 0 aliphatic rings. The molecule has 0 aliphatic carbocycles. The molecule has 0 radical (unpaired) electrons. The summed E-state index contributed by atoms with van der Waals surface area (Å²) in [6, 6.07) is 13.0. The monoisotopic (exact) mass is 231 g/mol. The van der Waals surface area contributed by atoms with Crippen LogP contribution in [0.4, 0.5) is 0 Å². The first-order chi connectivity index (χ1) is 7.85. The fourth-order valence-electron chi connectivity index (χ4n) is 1.85. The van der Waals surface area contributed by atoms with Crippen molar-refractivity contribution in [1.29, 1.82) is 0 Å². The third-order valence-corrected chi connectivity index (χ3v) is 3.97. The molecule has 0 fully saturated rings. The zero-order chi connectivity index (χ0) is 11.4. The Morgan fingerprint density at radius 3 is 2.62 bits per heavy atom. The van der Waals surface area contributed by atoms with E-state index in [1.165, 1.54) is 20.9 Å². The minimum atomic E-state index is 0.711. The average Bonchev–Trinajstić information content (AvgIpc) is 2.79. The van der Waals surface area contributed by atoms with E-state index in [1.54, 1.807) is 0 Å². The van der Waals surface area contributed by atoms with Gasteiger partial charge in [0.05, 0.1) is 0 Å². The fourth-order valence-corrected chi connectivity index (χ4v) is 2.85. The Morgan fingerprint density at radius 1 is 1.12 bits per heavy atom. The van der Waals surface area contributed by atoms with E-state index in [9.17, 15) is 0 Å². The minimum Gasteiger partial charge on any atom is -0.330 e. The molecule has 0 saturated carbocycles. The molecular formula is C14H17NS. The van der Waals surface area contributed by atoms with Gasteiger partial charge in [-0.15, -0.1) is 11.3 Å². The van der Waals surface area contributed by atoms with Crippen LogP contribution in [0.2, 0.25) is 0 Å². The van der Waals surface area contributed by atoms with Gasteiger partial charge >= 0.3 is 0 Å². The SMILES string of the molecule is CCc1ccc(-c2ccccc2CCN)s1. The molecule has 0 bridgehead atoms. The number of nitrogens with two attached hydrogens (primary N) is 1. The first-order valence-corrected chi connectivity index (χ1v) is 6.54. The van der Waals surface area contributed by atoms with Crippen LogP contribution in [0.25, 0.3) is 10.4 Å². The molecule has 2 aromatic rings. The zero-order valence-electron chi connectivity index (χ0n) is 9.57. The van der Waals surface area contributed by atoms with E-state index in [-0.39, 0.29) is 0 Å². The summed E-state index contributed by atoms with van der Waals surface area (Å²) in [7, 11) is 0. The topological polar surface area (TPSA) is 26.0 Å². The van der Waals surface area contributed by atoms with E-state index in [0.717, 1.165) is 12.8 Å². The van der Waals surface area contributed by atoms with E-state index in [2.05, 4.69) is 43.3 Å². The standard InChI is InChI=1S/C14H17NS/c1-2-12-7-8-14(16-12)13-6-4-3-5-11(13)9-10-15/h3-8H,2,9-10,15H2,1H3. The molecule has 0 amide bonds. The summed E-state index contributed by atoms with van der Waals surface area (Å²) in [5.41, 5.74) is 8.34. The highest BCUT2D eigenvalue weighted by molar-refractivity contribution is 7.15.